The predicted octanol–water partition coefficient (Wildman–Crippen LogP) is 3.27. The second kappa shape index (κ2) is 10.3. The van der Waals surface area contributed by atoms with Gasteiger partial charge in [-0.2, -0.15) is 0 Å². The van der Waals surface area contributed by atoms with Gasteiger partial charge >= 0.3 is 0 Å². The van der Waals surface area contributed by atoms with E-state index in [0.717, 1.165) is 12.5 Å². The minimum absolute atomic E-state index is 0.120. The molecule has 0 saturated carbocycles. The molecule has 1 unspecified atom stereocenters. The van der Waals surface area contributed by atoms with Crippen LogP contribution in [-0.2, 0) is 9.84 Å². The molecular weight excluding hydrogens is 366 g/mol. The van der Waals surface area contributed by atoms with Crippen LogP contribution in [0.25, 0.3) is 0 Å². The molecule has 2 rings (SSSR count). The summed E-state index contributed by atoms with van der Waals surface area (Å²) in [7, 11) is -3.22. The summed E-state index contributed by atoms with van der Waals surface area (Å²) in [4.78, 5) is 6.31. The van der Waals surface area contributed by atoms with Crippen molar-refractivity contribution in [2.45, 2.75) is 31.1 Å². The standard InChI is InChI=1S/C19H27N3O2S2/c1-3-20-19(22-15-16(2)18-11-7-13-25-18)21-12-8-14-26(23,24)17-9-5-4-6-10-17/h4-7,9-11,13,16H,3,8,12,14-15H2,1-2H3,(H2,20,21,22). The van der Waals surface area contributed by atoms with Crippen LogP contribution in [0, 0.1) is 0 Å². The summed E-state index contributed by atoms with van der Waals surface area (Å²) in [6, 6.07) is 12.8. The van der Waals surface area contributed by atoms with Crippen LogP contribution in [0.1, 0.15) is 31.1 Å². The van der Waals surface area contributed by atoms with E-state index in [1.807, 2.05) is 13.0 Å². The van der Waals surface area contributed by atoms with Gasteiger partial charge in [0.15, 0.2) is 15.8 Å². The molecule has 142 valence electrons. The lowest BCUT2D eigenvalue weighted by atomic mass is 10.1. The lowest BCUT2D eigenvalue weighted by molar-refractivity contribution is 0.592. The highest BCUT2D eigenvalue weighted by atomic mass is 32.2. The molecule has 0 aliphatic heterocycles. The van der Waals surface area contributed by atoms with Gasteiger partial charge in [-0.1, -0.05) is 31.2 Å². The minimum atomic E-state index is -3.22. The number of benzene rings is 1. The maximum absolute atomic E-state index is 12.3. The topological polar surface area (TPSA) is 70.6 Å². The number of thiophene rings is 1. The second-order valence-electron chi connectivity index (χ2n) is 6.05. The monoisotopic (exact) mass is 393 g/mol. The Morgan fingerprint density at radius 2 is 1.92 bits per heavy atom. The maximum Gasteiger partial charge on any atom is 0.191 e. The Labute approximate surface area is 160 Å². The summed E-state index contributed by atoms with van der Waals surface area (Å²) in [5, 5.41) is 8.50. The fraction of sp³-hybridized carbons (Fsp3) is 0.421. The van der Waals surface area contributed by atoms with Crippen molar-refractivity contribution in [3.63, 3.8) is 0 Å². The normalized spacial score (nSPS) is 13.4. The van der Waals surface area contributed by atoms with E-state index >= 15 is 0 Å². The summed E-state index contributed by atoms with van der Waals surface area (Å²) < 4.78 is 24.6. The lowest BCUT2D eigenvalue weighted by Gasteiger charge is -2.13. The predicted molar refractivity (Wildman–Crippen MR) is 110 cm³/mol. The van der Waals surface area contributed by atoms with Crippen molar-refractivity contribution >= 4 is 27.1 Å². The number of hydrogen-bond donors (Lipinski definition) is 2. The van der Waals surface area contributed by atoms with Gasteiger partial charge in [-0.05, 0) is 36.9 Å². The molecule has 0 aliphatic rings. The van der Waals surface area contributed by atoms with Gasteiger partial charge in [-0.15, -0.1) is 11.3 Å². The third-order valence-electron chi connectivity index (χ3n) is 3.88. The van der Waals surface area contributed by atoms with Crippen LogP contribution in [0.5, 0.6) is 0 Å². The van der Waals surface area contributed by atoms with Gasteiger partial charge in [-0.25, -0.2) is 8.42 Å². The largest absolute Gasteiger partial charge is 0.357 e. The van der Waals surface area contributed by atoms with Crippen LogP contribution < -0.4 is 10.6 Å². The molecule has 0 radical (unpaired) electrons. The molecule has 26 heavy (non-hydrogen) atoms. The van der Waals surface area contributed by atoms with Crippen LogP contribution >= 0.6 is 11.3 Å². The number of sulfone groups is 1. The first kappa shape index (κ1) is 20.5. The fourth-order valence-corrected chi connectivity index (χ4v) is 4.56. The number of nitrogens with zero attached hydrogens (tertiary/aromatic N) is 1. The van der Waals surface area contributed by atoms with Crippen molar-refractivity contribution < 1.29 is 8.42 Å². The molecule has 0 spiro atoms. The Kier molecular flexibility index (Phi) is 8.12. The molecule has 1 atom stereocenters. The molecule has 1 aromatic heterocycles. The molecular formula is C19H27N3O2S2. The first-order chi connectivity index (χ1) is 12.5. The first-order valence-electron chi connectivity index (χ1n) is 8.86. The zero-order valence-electron chi connectivity index (χ0n) is 15.3. The third-order valence-corrected chi connectivity index (χ3v) is 6.80. The number of aliphatic imine (C=N–C) groups is 1. The quantitative estimate of drug-likeness (QED) is 0.390. The molecule has 1 aromatic carbocycles. The molecule has 0 amide bonds. The van der Waals surface area contributed by atoms with Gasteiger partial charge in [0.2, 0.25) is 0 Å². The van der Waals surface area contributed by atoms with E-state index in [4.69, 9.17) is 0 Å². The van der Waals surface area contributed by atoms with E-state index in [1.54, 1.807) is 35.6 Å². The summed E-state index contributed by atoms with van der Waals surface area (Å²) in [5.41, 5.74) is 0. The number of hydrogen-bond acceptors (Lipinski definition) is 4. The third kappa shape index (κ3) is 6.46. The smallest absolute Gasteiger partial charge is 0.191 e. The van der Waals surface area contributed by atoms with Crippen LogP contribution in [0.15, 0.2) is 57.7 Å². The van der Waals surface area contributed by atoms with E-state index < -0.39 is 9.84 Å². The fourth-order valence-electron chi connectivity index (χ4n) is 2.45. The van der Waals surface area contributed by atoms with E-state index in [2.05, 4.69) is 40.1 Å². The van der Waals surface area contributed by atoms with E-state index in [1.165, 1.54) is 4.88 Å². The maximum atomic E-state index is 12.3. The minimum Gasteiger partial charge on any atom is -0.357 e. The SMILES string of the molecule is CCNC(=NCC(C)c1cccs1)NCCCS(=O)(=O)c1ccccc1. The number of rotatable bonds is 9. The van der Waals surface area contributed by atoms with E-state index in [-0.39, 0.29) is 5.75 Å². The Bertz CT molecular complexity index is 772. The van der Waals surface area contributed by atoms with Gasteiger partial charge in [0.25, 0.3) is 0 Å². The Morgan fingerprint density at radius 1 is 1.15 bits per heavy atom. The van der Waals surface area contributed by atoms with Crippen molar-refractivity contribution in [3.05, 3.63) is 52.7 Å². The average Bonchev–Trinajstić information content (AvgIpc) is 3.18. The molecule has 0 aliphatic carbocycles. The molecule has 0 fully saturated rings. The van der Waals surface area contributed by atoms with Crippen molar-refractivity contribution in [2.75, 3.05) is 25.4 Å². The zero-order valence-corrected chi connectivity index (χ0v) is 16.9. The highest BCUT2D eigenvalue weighted by Crippen LogP contribution is 2.20. The second-order valence-corrected chi connectivity index (χ2v) is 9.14. The van der Waals surface area contributed by atoms with E-state index in [9.17, 15) is 8.42 Å². The average molecular weight is 394 g/mol. The van der Waals surface area contributed by atoms with Crippen LogP contribution in [0.2, 0.25) is 0 Å². The number of nitrogens with one attached hydrogen (secondary N) is 2. The van der Waals surface area contributed by atoms with Crippen LogP contribution in [0.3, 0.4) is 0 Å². The van der Waals surface area contributed by atoms with Crippen molar-refractivity contribution in [2.24, 2.45) is 4.99 Å². The van der Waals surface area contributed by atoms with Crippen molar-refractivity contribution in [3.8, 4) is 0 Å². The number of guanidine groups is 1. The zero-order chi connectivity index (χ0) is 18.8. The molecule has 0 bridgehead atoms. The first-order valence-corrected chi connectivity index (χ1v) is 11.4. The molecule has 5 nitrogen and oxygen atoms in total. The van der Waals surface area contributed by atoms with Crippen LogP contribution in [-0.4, -0.2) is 39.8 Å². The molecule has 7 heteroatoms. The molecule has 2 N–H and O–H groups in total. The van der Waals surface area contributed by atoms with Crippen LogP contribution in [0.4, 0.5) is 0 Å². The van der Waals surface area contributed by atoms with Crippen molar-refractivity contribution in [1.29, 1.82) is 0 Å². The highest BCUT2D eigenvalue weighted by Gasteiger charge is 2.13. The summed E-state index contributed by atoms with van der Waals surface area (Å²) >= 11 is 1.74. The molecule has 1 heterocycles. The Hall–Kier alpha value is -1.86. The van der Waals surface area contributed by atoms with Gasteiger partial charge in [0, 0.05) is 23.9 Å². The summed E-state index contributed by atoms with van der Waals surface area (Å²) in [5.74, 6) is 1.21. The van der Waals surface area contributed by atoms with Crippen molar-refractivity contribution in [1.82, 2.24) is 10.6 Å². The lowest BCUT2D eigenvalue weighted by Crippen LogP contribution is -2.38. The Morgan fingerprint density at radius 3 is 2.58 bits per heavy atom. The highest BCUT2D eigenvalue weighted by molar-refractivity contribution is 7.91. The molecule has 2 aromatic rings. The van der Waals surface area contributed by atoms with Gasteiger partial charge in [0.05, 0.1) is 17.2 Å². The van der Waals surface area contributed by atoms with Gasteiger partial charge < -0.3 is 10.6 Å². The summed E-state index contributed by atoms with van der Waals surface area (Å²) in [6.07, 6.45) is 0.530. The summed E-state index contributed by atoms with van der Waals surface area (Å²) in [6.45, 7) is 6.19. The van der Waals surface area contributed by atoms with E-state index in [0.29, 0.717) is 30.3 Å². The Balaban J connectivity index is 1.82. The molecule has 0 saturated heterocycles. The van der Waals surface area contributed by atoms with Gasteiger partial charge in [0.1, 0.15) is 0 Å². The van der Waals surface area contributed by atoms with Gasteiger partial charge in [-0.3, -0.25) is 4.99 Å².